The van der Waals surface area contributed by atoms with Crippen molar-refractivity contribution in [3.8, 4) is 11.5 Å². The normalized spacial score (nSPS) is 16.3. The molecule has 5 rings (SSSR count). The highest BCUT2D eigenvalue weighted by atomic mass is 16.5. The molecule has 2 aliphatic heterocycles. The fourth-order valence-electron chi connectivity index (χ4n) is 4.98. The SMILES string of the molecule is CCN(C)CCOc1ccc2c(c1)CN(C(=O)c1cc3c(CN4CCCCC4)n[nH]c3cc1O)C2. The number of H-pyrrole nitrogens is 1. The summed E-state index contributed by atoms with van der Waals surface area (Å²) in [7, 11) is 2.07. The standard InChI is InChI=1S/C27H35N5O3/c1-3-30(2)11-12-35-21-8-7-19-16-32(17-20(19)13-21)27(34)23-14-22-24(15-26(23)33)28-29-25(22)18-31-9-5-4-6-10-31/h7-8,13-15,33H,3-6,9-12,16-18H2,1-2H3,(H,28,29). The molecule has 35 heavy (non-hydrogen) atoms. The second-order valence-corrected chi connectivity index (χ2v) is 9.76. The summed E-state index contributed by atoms with van der Waals surface area (Å²) in [5, 5.41) is 19.1. The number of aromatic amines is 1. The minimum absolute atomic E-state index is 0.0179. The van der Waals surface area contributed by atoms with Crippen molar-refractivity contribution in [2.75, 3.05) is 39.8 Å². The smallest absolute Gasteiger partial charge is 0.258 e. The van der Waals surface area contributed by atoms with Crippen LogP contribution in [0.3, 0.4) is 0 Å². The Morgan fingerprint density at radius 1 is 1.14 bits per heavy atom. The molecule has 0 radical (unpaired) electrons. The molecule has 2 aliphatic rings. The number of hydrogen-bond acceptors (Lipinski definition) is 6. The van der Waals surface area contributed by atoms with Gasteiger partial charge in [-0.25, -0.2) is 0 Å². The van der Waals surface area contributed by atoms with Crippen molar-refractivity contribution in [3.63, 3.8) is 0 Å². The van der Waals surface area contributed by atoms with E-state index in [1.165, 1.54) is 19.3 Å². The van der Waals surface area contributed by atoms with E-state index in [2.05, 4.69) is 34.0 Å². The van der Waals surface area contributed by atoms with E-state index in [0.717, 1.165) is 66.2 Å². The van der Waals surface area contributed by atoms with Gasteiger partial charge in [0.25, 0.3) is 5.91 Å². The zero-order chi connectivity index (χ0) is 24.4. The largest absolute Gasteiger partial charge is 0.507 e. The summed E-state index contributed by atoms with van der Waals surface area (Å²) in [4.78, 5) is 19.8. The van der Waals surface area contributed by atoms with E-state index >= 15 is 0 Å². The molecule has 0 unspecified atom stereocenters. The average Bonchev–Trinajstić information content (AvgIpc) is 3.47. The zero-order valence-corrected chi connectivity index (χ0v) is 20.7. The van der Waals surface area contributed by atoms with Gasteiger partial charge >= 0.3 is 0 Å². The molecule has 186 valence electrons. The Hall–Kier alpha value is -3.10. The van der Waals surface area contributed by atoms with Gasteiger partial charge in [-0.05, 0) is 68.8 Å². The number of amides is 1. The van der Waals surface area contributed by atoms with Crippen LogP contribution in [-0.4, -0.2) is 75.7 Å². The van der Waals surface area contributed by atoms with E-state index in [9.17, 15) is 9.90 Å². The second kappa shape index (κ2) is 10.3. The van der Waals surface area contributed by atoms with E-state index in [1.54, 1.807) is 17.0 Å². The Bertz CT molecular complexity index is 1200. The van der Waals surface area contributed by atoms with Crippen LogP contribution in [0.2, 0.25) is 0 Å². The maximum atomic E-state index is 13.5. The molecule has 8 heteroatoms. The molecular formula is C27H35N5O3. The number of rotatable bonds is 8. The molecule has 1 amide bonds. The van der Waals surface area contributed by atoms with Crippen molar-refractivity contribution in [2.24, 2.45) is 0 Å². The first-order valence-electron chi connectivity index (χ1n) is 12.7. The average molecular weight is 478 g/mol. The van der Waals surface area contributed by atoms with Crippen LogP contribution in [0.4, 0.5) is 0 Å². The topological polar surface area (TPSA) is 84.9 Å². The zero-order valence-electron chi connectivity index (χ0n) is 20.7. The summed E-state index contributed by atoms with van der Waals surface area (Å²) in [6, 6.07) is 9.47. The fraction of sp³-hybridized carbons (Fsp3) is 0.481. The number of hydrogen-bond donors (Lipinski definition) is 2. The quantitative estimate of drug-likeness (QED) is 0.514. The van der Waals surface area contributed by atoms with Crippen molar-refractivity contribution < 1.29 is 14.6 Å². The van der Waals surface area contributed by atoms with Crippen LogP contribution in [0.1, 0.15) is 53.4 Å². The van der Waals surface area contributed by atoms with Crippen LogP contribution in [0.25, 0.3) is 10.9 Å². The summed E-state index contributed by atoms with van der Waals surface area (Å²) < 4.78 is 5.92. The van der Waals surface area contributed by atoms with Gasteiger partial charge in [-0.1, -0.05) is 19.4 Å². The fourth-order valence-corrected chi connectivity index (χ4v) is 4.98. The third-order valence-corrected chi connectivity index (χ3v) is 7.28. The van der Waals surface area contributed by atoms with Crippen molar-refractivity contribution in [1.82, 2.24) is 24.9 Å². The number of ether oxygens (including phenoxy) is 1. The molecular weight excluding hydrogens is 442 g/mol. The summed E-state index contributed by atoms with van der Waals surface area (Å²) in [5.41, 5.74) is 4.22. The van der Waals surface area contributed by atoms with Crippen molar-refractivity contribution in [1.29, 1.82) is 0 Å². The Morgan fingerprint density at radius 2 is 1.94 bits per heavy atom. The first-order chi connectivity index (χ1) is 17.0. The highest BCUT2D eigenvalue weighted by molar-refractivity contribution is 6.01. The van der Waals surface area contributed by atoms with Crippen LogP contribution < -0.4 is 4.74 Å². The number of likely N-dealkylation sites (N-methyl/N-ethyl adjacent to an activating group) is 1. The lowest BCUT2D eigenvalue weighted by atomic mass is 10.1. The van der Waals surface area contributed by atoms with E-state index in [0.29, 0.717) is 25.3 Å². The Balaban J connectivity index is 1.30. The molecule has 1 aromatic heterocycles. The first-order valence-corrected chi connectivity index (χ1v) is 12.7. The molecule has 2 aromatic carbocycles. The maximum Gasteiger partial charge on any atom is 0.258 e. The molecule has 0 atom stereocenters. The maximum absolute atomic E-state index is 13.5. The van der Waals surface area contributed by atoms with Crippen LogP contribution in [-0.2, 0) is 19.6 Å². The number of phenolic OH excluding ortho intramolecular Hbond substituents is 1. The van der Waals surface area contributed by atoms with Gasteiger partial charge in [-0.3, -0.25) is 14.8 Å². The predicted molar refractivity (Wildman–Crippen MR) is 136 cm³/mol. The van der Waals surface area contributed by atoms with Gasteiger partial charge in [0.1, 0.15) is 18.1 Å². The molecule has 0 bridgehead atoms. The lowest BCUT2D eigenvalue weighted by Crippen LogP contribution is -2.29. The van der Waals surface area contributed by atoms with Gasteiger partial charge in [0.15, 0.2) is 0 Å². The summed E-state index contributed by atoms with van der Waals surface area (Å²) in [5.74, 6) is 0.640. The Morgan fingerprint density at radius 3 is 2.74 bits per heavy atom. The predicted octanol–water partition coefficient (Wildman–Crippen LogP) is 3.74. The number of benzene rings is 2. The van der Waals surface area contributed by atoms with E-state index in [1.807, 2.05) is 18.2 Å². The number of aromatic nitrogens is 2. The Labute approximate surface area is 206 Å². The molecule has 0 spiro atoms. The van der Waals surface area contributed by atoms with Crippen molar-refractivity contribution in [2.45, 2.75) is 45.8 Å². The van der Waals surface area contributed by atoms with Gasteiger partial charge in [-0.2, -0.15) is 5.10 Å². The molecule has 8 nitrogen and oxygen atoms in total. The third kappa shape index (κ3) is 5.13. The molecule has 2 N–H and O–H groups in total. The minimum atomic E-state index is -0.169. The number of fused-ring (bicyclic) bond motifs is 2. The number of nitrogens with one attached hydrogen (secondary N) is 1. The van der Waals surface area contributed by atoms with E-state index in [4.69, 9.17) is 4.74 Å². The van der Waals surface area contributed by atoms with Crippen LogP contribution in [0, 0.1) is 0 Å². The van der Waals surface area contributed by atoms with Gasteiger partial charge in [0, 0.05) is 37.6 Å². The lowest BCUT2D eigenvalue weighted by molar-refractivity contribution is 0.0748. The van der Waals surface area contributed by atoms with Crippen molar-refractivity contribution in [3.05, 3.63) is 52.7 Å². The summed E-state index contributed by atoms with van der Waals surface area (Å²) in [6.07, 6.45) is 3.71. The van der Waals surface area contributed by atoms with Crippen LogP contribution in [0.5, 0.6) is 11.5 Å². The molecule has 3 aromatic rings. The molecule has 3 heterocycles. The highest BCUT2D eigenvalue weighted by Crippen LogP contribution is 2.32. The second-order valence-electron chi connectivity index (χ2n) is 9.76. The van der Waals surface area contributed by atoms with Crippen LogP contribution >= 0.6 is 0 Å². The number of carbonyl (C=O) groups is 1. The number of phenols is 1. The number of carbonyl (C=O) groups excluding carboxylic acids is 1. The summed E-state index contributed by atoms with van der Waals surface area (Å²) in [6.45, 7) is 8.54. The minimum Gasteiger partial charge on any atom is -0.507 e. The lowest BCUT2D eigenvalue weighted by Gasteiger charge is -2.25. The molecule has 1 saturated heterocycles. The number of piperidine rings is 1. The van der Waals surface area contributed by atoms with Gasteiger partial charge in [0.05, 0.1) is 16.8 Å². The number of nitrogens with zero attached hydrogens (tertiary/aromatic N) is 4. The Kier molecular flexibility index (Phi) is 6.92. The number of likely N-dealkylation sites (tertiary alicyclic amines) is 1. The first kappa shape index (κ1) is 23.6. The van der Waals surface area contributed by atoms with Crippen molar-refractivity contribution >= 4 is 16.8 Å². The molecule has 0 saturated carbocycles. The summed E-state index contributed by atoms with van der Waals surface area (Å²) >= 11 is 0. The monoisotopic (exact) mass is 477 g/mol. The van der Waals surface area contributed by atoms with Gasteiger partial charge in [0.2, 0.25) is 0 Å². The molecule has 0 aliphatic carbocycles. The van der Waals surface area contributed by atoms with Gasteiger partial charge in [-0.15, -0.1) is 0 Å². The third-order valence-electron chi connectivity index (χ3n) is 7.28. The molecule has 1 fully saturated rings. The highest BCUT2D eigenvalue weighted by Gasteiger charge is 2.27. The van der Waals surface area contributed by atoms with E-state index in [-0.39, 0.29) is 11.7 Å². The van der Waals surface area contributed by atoms with Crippen LogP contribution in [0.15, 0.2) is 30.3 Å². The number of aromatic hydroxyl groups is 1. The van der Waals surface area contributed by atoms with Gasteiger partial charge < -0.3 is 19.6 Å². The van der Waals surface area contributed by atoms with E-state index < -0.39 is 0 Å².